The molecule has 6 aromatic rings. The maximum Gasteiger partial charge on any atom is 0.673 e. The first kappa shape index (κ1) is 34.3. The number of aromatic nitrogens is 2. The van der Waals surface area contributed by atoms with Crippen LogP contribution in [0.15, 0.2) is 109 Å². The van der Waals surface area contributed by atoms with Crippen molar-refractivity contribution in [3.63, 3.8) is 0 Å². The lowest BCUT2D eigenvalue weighted by Gasteiger charge is -2.28. The number of hydrogen-bond donors (Lipinski definition) is 0. The van der Waals surface area contributed by atoms with Gasteiger partial charge in [-0.1, -0.05) is 84.9 Å². The summed E-state index contributed by atoms with van der Waals surface area (Å²) in [7, 11) is -6.00. The third kappa shape index (κ3) is 7.07. The Morgan fingerprint density at radius 1 is 0.725 bits per heavy atom. The van der Waals surface area contributed by atoms with Crippen molar-refractivity contribution in [3.05, 3.63) is 137 Å². The number of ether oxygens (including phenoxy) is 1. The van der Waals surface area contributed by atoms with Gasteiger partial charge in [-0.2, -0.15) is 4.57 Å². The molecule has 0 amide bonds. The highest BCUT2D eigenvalue weighted by Crippen LogP contribution is 2.44. The molecule has 2 aliphatic rings. The third-order valence-electron chi connectivity index (χ3n) is 9.60. The van der Waals surface area contributed by atoms with Gasteiger partial charge in [0, 0.05) is 45.8 Å². The van der Waals surface area contributed by atoms with E-state index in [2.05, 4.69) is 95.6 Å². The van der Waals surface area contributed by atoms with Crippen LogP contribution in [0.1, 0.15) is 48.6 Å². The summed E-state index contributed by atoms with van der Waals surface area (Å²) in [5.74, 6) is 0. The molecule has 0 fully saturated rings. The Hall–Kier alpha value is -5.18. The van der Waals surface area contributed by atoms with Gasteiger partial charge in [0.15, 0.2) is 6.54 Å². The van der Waals surface area contributed by atoms with E-state index >= 15 is 0 Å². The number of para-hydroxylation sites is 1. The fourth-order valence-corrected chi connectivity index (χ4v) is 7.74. The number of fused-ring (bicyclic) bond motifs is 7. The highest BCUT2D eigenvalue weighted by atomic mass is 19.5. The molecule has 9 heteroatoms. The molecule has 4 aromatic carbocycles. The molecule has 0 bridgehead atoms. The molecule has 8 rings (SSSR count). The third-order valence-corrected chi connectivity index (χ3v) is 9.60. The molecule has 0 unspecified atom stereocenters. The minimum absolute atomic E-state index is 0.340. The first-order valence-electron chi connectivity index (χ1n) is 17.4. The molecular formula is C42H39BF4N2O2. The summed E-state index contributed by atoms with van der Waals surface area (Å²) in [6.07, 6.45) is 6.57. The van der Waals surface area contributed by atoms with Crippen molar-refractivity contribution in [2.45, 2.75) is 65.0 Å². The summed E-state index contributed by atoms with van der Waals surface area (Å²) in [6.45, 7) is 6.53. The molecule has 0 saturated heterocycles. The molecule has 2 aliphatic carbocycles. The van der Waals surface area contributed by atoms with Gasteiger partial charge in [0.25, 0.3) is 0 Å². The molecule has 2 aromatic heterocycles. The minimum atomic E-state index is -6.00. The van der Waals surface area contributed by atoms with E-state index in [-0.39, 0.29) is 6.09 Å². The van der Waals surface area contributed by atoms with Crippen LogP contribution < -0.4 is 4.57 Å². The van der Waals surface area contributed by atoms with E-state index in [4.69, 9.17) is 4.74 Å². The second-order valence-electron chi connectivity index (χ2n) is 14.1. The van der Waals surface area contributed by atoms with E-state index in [1.807, 2.05) is 39.1 Å². The van der Waals surface area contributed by atoms with Crippen LogP contribution in [0, 0.1) is 0 Å². The Morgan fingerprint density at radius 2 is 1.24 bits per heavy atom. The quantitative estimate of drug-likeness (QED) is 0.105. The molecule has 4 nitrogen and oxygen atoms in total. The zero-order valence-corrected chi connectivity index (χ0v) is 28.9. The fraction of sp³-hybridized carbons (Fsp3) is 0.238. The van der Waals surface area contributed by atoms with Gasteiger partial charge in [0.2, 0.25) is 11.4 Å². The van der Waals surface area contributed by atoms with Gasteiger partial charge in [-0.3, -0.25) is 4.57 Å². The number of hydrogen-bond acceptors (Lipinski definition) is 2. The first-order chi connectivity index (χ1) is 24.4. The van der Waals surface area contributed by atoms with Crippen molar-refractivity contribution in [1.29, 1.82) is 0 Å². The van der Waals surface area contributed by atoms with Crippen LogP contribution in [0.5, 0.6) is 0 Å². The van der Waals surface area contributed by atoms with Crippen molar-refractivity contribution in [3.8, 4) is 33.6 Å². The van der Waals surface area contributed by atoms with Crippen LogP contribution in [0.3, 0.4) is 0 Å². The van der Waals surface area contributed by atoms with Crippen LogP contribution in [0.2, 0.25) is 0 Å². The van der Waals surface area contributed by atoms with Crippen LogP contribution in [-0.2, 0) is 43.4 Å². The number of benzene rings is 4. The van der Waals surface area contributed by atoms with E-state index in [1.54, 1.807) is 4.57 Å². The van der Waals surface area contributed by atoms with Gasteiger partial charge in [0.1, 0.15) is 5.60 Å². The minimum Gasteiger partial charge on any atom is -0.443 e. The molecule has 0 spiro atoms. The summed E-state index contributed by atoms with van der Waals surface area (Å²) in [5.41, 5.74) is 15.3. The van der Waals surface area contributed by atoms with E-state index in [0.717, 1.165) is 55.1 Å². The van der Waals surface area contributed by atoms with Crippen molar-refractivity contribution in [2.75, 3.05) is 0 Å². The number of aryl methyl sites for hydroxylation is 3. The number of nitrogens with zero attached hydrogens (tertiary/aromatic N) is 2. The van der Waals surface area contributed by atoms with Gasteiger partial charge in [-0.25, -0.2) is 4.79 Å². The number of pyridine rings is 1. The molecule has 0 atom stereocenters. The molecule has 260 valence electrons. The number of carbonyl (C=O) groups excluding carboxylic acids is 1. The SMILES string of the molecule is CC(C)(C)OC(=O)n1cc(CC[n+]2c3c(c(-c4ccccc4)c4c2-c2ccccc2CC4)CCc2ccccc2-3)c2ccccc21.F[B-](F)(F)F. The second kappa shape index (κ2) is 13.5. The average molecular weight is 691 g/mol. The molecule has 0 aliphatic heterocycles. The number of rotatable bonds is 4. The summed E-state index contributed by atoms with van der Waals surface area (Å²) in [4.78, 5) is 13.3. The number of halogens is 4. The van der Waals surface area contributed by atoms with E-state index < -0.39 is 12.9 Å². The van der Waals surface area contributed by atoms with Crippen LogP contribution >= 0.6 is 0 Å². The molecular weight excluding hydrogens is 651 g/mol. The largest absolute Gasteiger partial charge is 0.673 e. The maximum absolute atomic E-state index is 13.3. The lowest BCUT2D eigenvalue weighted by Crippen LogP contribution is -2.44. The Bertz CT molecular complexity index is 2170. The van der Waals surface area contributed by atoms with E-state index in [1.165, 1.54) is 55.9 Å². The topological polar surface area (TPSA) is 35.1 Å². The second-order valence-corrected chi connectivity index (χ2v) is 14.1. The highest BCUT2D eigenvalue weighted by Gasteiger charge is 2.37. The Labute approximate surface area is 295 Å². The highest BCUT2D eigenvalue weighted by molar-refractivity contribution is 6.50. The normalized spacial score (nSPS) is 13.3. The van der Waals surface area contributed by atoms with Crippen molar-refractivity contribution in [1.82, 2.24) is 4.57 Å². The summed E-state index contributed by atoms with van der Waals surface area (Å²) < 4.78 is 49.1. The number of carbonyl (C=O) groups is 1. The standard InChI is InChI=1S/C42H39N2O2.BF4/c1-42(2,3)46-41(45)44-27-31(32-17-11-12-20-37(32)44)25-26-43-39-33-18-9-7-13-28(33)21-23-35(39)38(30-15-5-4-6-16-30)36-24-22-29-14-8-10-19-34(29)40(36)43;2-1(3,4)5/h4-20,27H,21-26H2,1-3H3;/q+1;-1. The van der Waals surface area contributed by atoms with Gasteiger partial charge < -0.3 is 22.0 Å². The van der Waals surface area contributed by atoms with Gasteiger partial charge >= 0.3 is 13.3 Å². The first-order valence-corrected chi connectivity index (χ1v) is 17.4. The molecule has 0 radical (unpaired) electrons. The van der Waals surface area contributed by atoms with Crippen LogP contribution in [0.4, 0.5) is 22.1 Å². The zero-order valence-electron chi connectivity index (χ0n) is 28.9. The zero-order chi connectivity index (χ0) is 35.9. The summed E-state index contributed by atoms with van der Waals surface area (Å²) >= 11 is 0. The maximum atomic E-state index is 13.3. The van der Waals surface area contributed by atoms with Crippen molar-refractivity contribution in [2.24, 2.45) is 0 Å². The predicted molar refractivity (Wildman–Crippen MR) is 195 cm³/mol. The molecule has 0 N–H and O–H groups in total. The Balaban J connectivity index is 0.000000761. The smallest absolute Gasteiger partial charge is 0.443 e. The van der Waals surface area contributed by atoms with Crippen LogP contribution in [0.25, 0.3) is 44.5 Å². The summed E-state index contributed by atoms with van der Waals surface area (Å²) in [5, 5.41) is 1.10. The van der Waals surface area contributed by atoms with Gasteiger partial charge in [0.05, 0.1) is 5.52 Å². The molecule has 0 saturated carbocycles. The molecule has 51 heavy (non-hydrogen) atoms. The summed E-state index contributed by atoms with van der Waals surface area (Å²) in [6, 6.07) is 37.2. The fourth-order valence-electron chi connectivity index (χ4n) is 7.74. The van der Waals surface area contributed by atoms with Gasteiger partial charge in [-0.15, -0.1) is 0 Å². The lowest BCUT2D eigenvalue weighted by molar-refractivity contribution is -0.675. The average Bonchev–Trinajstić information content (AvgIpc) is 3.47. The Morgan fingerprint density at radius 3 is 1.80 bits per heavy atom. The Kier molecular flexibility index (Phi) is 9.08. The van der Waals surface area contributed by atoms with Crippen LogP contribution in [-0.4, -0.2) is 23.5 Å². The molecule has 2 heterocycles. The lowest BCUT2D eigenvalue weighted by atomic mass is 9.77. The predicted octanol–water partition coefficient (Wildman–Crippen LogP) is 10.5. The van der Waals surface area contributed by atoms with Crippen molar-refractivity contribution >= 4 is 24.3 Å². The van der Waals surface area contributed by atoms with Crippen molar-refractivity contribution < 1.29 is 31.4 Å². The van der Waals surface area contributed by atoms with Gasteiger partial charge in [-0.05, 0) is 86.9 Å². The monoisotopic (exact) mass is 690 g/mol. The van der Waals surface area contributed by atoms with E-state index in [0.29, 0.717) is 0 Å². The van der Waals surface area contributed by atoms with E-state index in [9.17, 15) is 22.1 Å².